The summed E-state index contributed by atoms with van der Waals surface area (Å²) in [6.07, 6.45) is 4.24. The number of hydrogen-bond acceptors (Lipinski definition) is 3. The number of urea groups is 1. The van der Waals surface area contributed by atoms with Gasteiger partial charge in [-0.25, -0.2) is 4.79 Å². The number of carbonyl (C=O) groups excluding carboxylic acids is 1. The van der Waals surface area contributed by atoms with Crippen LogP contribution in [-0.4, -0.2) is 34.2 Å². The van der Waals surface area contributed by atoms with Crippen molar-refractivity contribution in [1.29, 1.82) is 0 Å². The molecule has 2 amide bonds. The first-order valence-electron chi connectivity index (χ1n) is 7.86. The largest absolute Gasteiger partial charge is 0.394 e. The number of rotatable bonds is 3. The Morgan fingerprint density at radius 3 is 2.83 bits per heavy atom. The van der Waals surface area contributed by atoms with Gasteiger partial charge in [0.15, 0.2) is 0 Å². The zero-order valence-electron chi connectivity index (χ0n) is 13.1. The van der Waals surface area contributed by atoms with Gasteiger partial charge in [0.2, 0.25) is 0 Å². The van der Waals surface area contributed by atoms with Gasteiger partial charge in [-0.15, -0.1) is 0 Å². The standard InChI is InChI=1S/C18H21N3O2/c1-13(14-6-9-19-10-7-14)20-18(23)21-11-8-15-4-2-3-5-16(15)17(21)12-22/h2-7,9-10,13,17,22H,8,11-12H2,1H3,(H,20,23). The number of aliphatic hydroxyl groups excluding tert-OH is 1. The van der Waals surface area contributed by atoms with Crippen LogP contribution in [0.2, 0.25) is 0 Å². The lowest BCUT2D eigenvalue weighted by Crippen LogP contribution is -2.47. The number of aromatic nitrogens is 1. The molecule has 1 aliphatic rings. The molecule has 0 aliphatic carbocycles. The average molecular weight is 311 g/mol. The van der Waals surface area contributed by atoms with Gasteiger partial charge < -0.3 is 15.3 Å². The molecule has 1 aromatic heterocycles. The number of aliphatic hydroxyl groups is 1. The molecule has 3 rings (SSSR count). The number of hydrogen-bond donors (Lipinski definition) is 2. The Kier molecular flexibility index (Phi) is 4.57. The predicted octanol–water partition coefficient (Wildman–Crippen LogP) is 2.44. The lowest BCUT2D eigenvalue weighted by atomic mass is 9.93. The first-order chi connectivity index (χ1) is 11.2. The molecule has 2 heterocycles. The summed E-state index contributed by atoms with van der Waals surface area (Å²) in [6, 6.07) is 11.2. The molecule has 0 saturated heterocycles. The summed E-state index contributed by atoms with van der Waals surface area (Å²) in [5.41, 5.74) is 3.25. The first-order valence-corrected chi connectivity index (χ1v) is 7.86. The van der Waals surface area contributed by atoms with Crippen LogP contribution in [0.3, 0.4) is 0 Å². The van der Waals surface area contributed by atoms with E-state index in [1.165, 1.54) is 5.56 Å². The zero-order valence-corrected chi connectivity index (χ0v) is 13.1. The van der Waals surface area contributed by atoms with Gasteiger partial charge in [-0.1, -0.05) is 24.3 Å². The molecule has 0 radical (unpaired) electrons. The Balaban J connectivity index is 1.75. The summed E-state index contributed by atoms with van der Waals surface area (Å²) >= 11 is 0. The molecular formula is C18H21N3O2. The fourth-order valence-corrected chi connectivity index (χ4v) is 3.10. The van der Waals surface area contributed by atoms with E-state index in [2.05, 4.69) is 16.4 Å². The molecule has 2 unspecified atom stereocenters. The number of amides is 2. The smallest absolute Gasteiger partial charge is 0.318 e. The molecule has 0 spiro atoms. The van der Waals surface area contributed by atoms with Crippen molar-refractivity contribution < 1.29 is 9.90 Å². The minimum Gasteiger partial charge on any atom is -0.394 e. The summed E-state index contributed by atoms with van der Waals surface area (Å²) in [7, 11) is 0. The Morgan fingerprint density at radius 1 is 1.35 bits per heavy atom. The summed E-state index contributed by atoms with van der Waals surface area (Å²) < 4.78 is 0. The van der Waals surface area contributed by atoms with Crippen LogP contribution in [-0.2, 0) is 6.42 Å². The first kappa shape index (κ1) is 15.5. The summed E-state index contributed by atoms with van der Waals surface area (Å²) in [5.74, 6) is 0. The fourth-order valence-electron chi connectivity index (χ4n) is 3.10. The summed E-state index contributed by atoms with van der Waals surface area (Å²) in [5, 5.41) is 12.8. The van der Waals surface area contributed by atoms with Gasteiger partial charge in [0, 0.05) is 18.9 Å². The van der Waals surface area contributed by atoms with E-state index in [1.807, 2.05) is 37.3 Å². The van der Waals surface area contributed by atoms with Crippen molar-refractivity contribution in [3.8, 4) is 0 Å². The zero-order chi connectivity index (χ0) is 16.2. The number of fused-ring (bicyclic) bond motifs is 1. The maximum atomic E-state index is 12.6. The fraction of sp³-hybridized carbons (Fsp3) is 0.333. The molecule has 2 atom stereocenters. The molecule has 120 valence electrons. The molecule has 0 saturated carbocycles. The lowest BCUT2D eigenvalue weighted by Gasteiger charge is -2.37. The highest BCUT2D eigenvalue weighted by molar-refractivity contribution is 5.75. The van der Waals surface area contributed by atoms with E-state index in [1.54, 1.807) is 17.3 Å². The van der Waals surface area contributed by atoms with Gasteiger partial charge in [0.1, 0.15) is 0 Å². The highest BCUT2D eigenvalue weighted by atomic mass is 16.3. The number of nitrogens with zero attached hydrogens (tertiary/aromatic N) is 2. The molecule has 1 aliphatic heterocycles. The van der Waals surface area contributed by atoms with Crippen molar-refractivity contribution in [2.45, 2.75) is 25.4 Å². The number of nitrogens with one attached hydrogen (secondary N) is 1. The molecule has 2 N–H and O–H groups in total. The molecular weight excluding hydrogens is 290 g/mol. The predicted molar refractivity (Wildman–Crippen MR) is 87.9 cm³/mol. The second-order valence-corrected chi connectivity index (χ2v) is 5.79. The topological polar surface area (TPSA) is 65.5 Å². The van der Waals surface area contributed by atoms with E-state index in [0.29, 0.717) is 6.54 Å². The van der Waals surface area contributed by atoms with Crippen LogP contribution in [0.25, 0.3) is 0 Å². The van der Waals surface area contributed by atoms with E-state index < -0.39 is 0 Å². The summed E-state index contributed by atoms with van der Waals surface area (Å²) in [4.78, 5) is 18.4. The molecule has 0 bridgehead atoms. The number of carbonyl (C=O) groups is 1. The lowest BCUT2D eigenvalue weighted by molar-refractivity contribution is 0.125. The van der Waals surface area contributed by atoms with Gasteiger partial charge in [-0.05, 0) is 42.2 Å². The van der Waals surface area contributed by atoms with Crippen LogP contribution < -0.4 is 5.32 Å². The van der Waals surface area contributed by atoms with Crippen LogP contribution in [0.15, 0.2) is 48.8 Å². The van der Waals surface area contributed by atoms with Gasteiger partial charge in [-0.3, -0.25) is 4.98 Å². The van der Waals surface area contributed by atoms with Crippen LogP contribution in [0.5, 0.6) is 0 Å². The van der Waals surface area contributed by atoms with Crippen molar-refractivity contribution in [3.63, 3.8) is 0 Å². The van der Waals surface area contributed by atoms with Crippen LogP contribution in [0.4, 0.5) is 4.79 Å². The third kappa shape index (κ3) is 3.19. The number of pyridine rings is 1. The minimum atomic E-state index is -0.287. The third-order valence-electron chi connectivity index (χ3n) is 4.39. The van der Waals surface area contributed by atoms with E-state index in [0.717, 1.165) is 17.5 Å². The quantitative estimate of drug-likeness (QED) is 0.915. The van der Waals surface area contributed by atoms with E-state index >= 15 is 0 Å². The van der Waals surface area contributed by atoms with Crippen molar-refractivity contribution in [3.05, 3.63) is 65.5 Å². The third-order valence-corrected chi connectivity index (χ3v) is 4.39. The van der Waals surface area contributed by atoms with Gasteiger partial charge in [0.05, 0.1) is 18.7 Å². The van der Waals surface area contributed by atoms with Crippen molar-refractivity contribution in [2.75, 3.05) is 13.2 Å². The molecule has 23 heavy (non-hydrogen) atoms. The van der Waals surface area contributed by atoms with Crippen molar-refractivity contribution in [1.82, 2.24) is 15.2 Å². The molecule has 2 aromatic rings. The maximum absolute atomic E-state index is 12.6. The van der Waals surface area contributed by atoms with Crippen LogP contribution >= 0.6 is 0 Å². The van der Waals surface area contributed by atoms with E-state index in [9.17, 15) is 9.90 Å². The molecule has 1 aromatic carbocycles. The van der Waals surface area contributed by atoms with Crippen LogP contribution in [0, 0.1) is 0 Å². The number of benzene rings is 1. The van der Waals surface area contributed by atoms with Crippen molar-refractivity contribution in [2.24, 2.45) is 0 Å². The highest BCUT2D eigenvalue weighted by Gasteiger charge is 2.30. The van der Waals surface area contributed by atoms with Gasteiger partial charge in [-0.2, -0.15) is 0 Å². The Morgan fingerprint density at radius 2 is 2.09 bits per heavy atom. The second-order valence-electron chi connectivity index (χ2n) is 5.79. The Labute approximate surface area is 136 Å². The highest BCUT2D eigenvalue weighted by Crippen LogP contribution is 2.29. The van der Waals surface area contributed by atoms with E-state index in [-0.39, 0.29) is 24.7 Å². The monoisotopic (exact) mass is 311 g/mol. The summed E-state index contributed by atoms with van der Waals surface area (Å²) in [6.45, 7) is 2.48. The second kappa shape index (κ2) is 6.79. The molecule has 0 fully saturated rings. The SMILES string of the molecule is CC(NC(=O)N1CCc2ccccc2C1CO)c1ccncc1. The minimum absolute atomic E-state index is 0.0753. The normalized spacial score (nSPS) is 18.2. The Bertz CT molecular complexity index is 675. The van der Waals surface area contributed by atoms with E-state index in [4.69, 9.17) is 0 Å². The maximum Gasteiger partial charge on any atom is 0.318 e. The van der Waals surface area contributed by atoms with Gasteiger partial charge >= 0.3 is 6.03 Å². The molecule has 5 heteroatoms. The molecule has 5 nitrogen and oxygen atoms in total. The average Bonchev–Trinajstić information content (AvgIpc) is 2.61. The van der Waals surface area contributed by atoms with Gasteiger partial charge in [0.25, 0.3) is 0 Å². The Hall–Kier alpha value is -2.40. The van der Waals surface area contributed by atoms with Crippen molar-refractivity contribution >= 4 is 6.03 Å². The van der Waals surface area contributed by atoms with Crippen LogP contribution in [0.1, 0.15) is 35.7 Å².